The lowest BCUT2D eigenvalue weighted by atomic mass is 10.1. The van der Waals surface area contributed by atoms with E-state index in [1.807, 2.05) is 33.3 Å². The summed E-state index contributed by atoms with van der Waals surface area (Å²) in [5.74, 6) is -0.594. The average molecular weight is 1110 g/mol. The Bertz CT molecular complexity index is 1700. The molecular weight excluding hydrogens is 988 g/mol. The van der Waals surface area contributed by atoms with Crippen molar-refractivity contribution >= 4 is 19.7 Å². The molecule has 0 bridgehead atoms. The molecule has 78 heavy (non-hydrogen) atoms. The molecular formula is C68H119N2O7P. The minimum Gasteiger partial charge on any atom is -0.756 e. The van der Waals surface area contributed by atoms with Crippen LogP contribution in [0, 0.1) is 0 Å². The minimum absolute atomic E-state index is 0.0352. The molecule has 0 heterocycles. The van der Waals surface area contributed by atoms with Crippen molar-refractivity contribution in [3.05, 3.63) is 109 Å². The quantitative estimate of drug-likeness (QED) is 0.0161. The van der Waals surface area contributed by atoms with Crippen LogP contribution >= 0.6 is 7.82 Å². The van der Waals surface area contributed by atoms with Gasteiger partial charge in [-0.15, -0.1) is 0 Å². The maximum absolute atomic E-state index is 13.5. The van der Waals surface area contributed by atoms with Gasteiger partial charge in [0.15, 0.2) is 0 Å². The van der Waals surface area contributed by atoms with Gasteiger partial charge in [0.25, 0.3) is 7.82 Å². The summed E-state index contributed by atoms with van der Waals surface area (Å²) in [5.41, 5.74) is 0. The number of rotatable bonds is 56. The van der Waals surface area contributed by atoms with E-state index in [1.54, 1.807) is 0 Å². The van der Waals surface area contributed by atoms with Crippen LogP contribution in [0.15, 0.2) is 109 Å². The summed E-state index contributed by atoms with van der Waals surface area (Å²) in [6, 6.07) is -0.915. The number of phosphoric ester groups is 1. The standard InChI is InChI=1S/C68H119N2O7P/c1-7-10-13-16-19-22-25-27-29-31-32-33-34-35-36-37-38-39-41-43-46-49-52-55-58-61-68(72)77-66(59-56-53-50-47-44-24-21-18-15-12-9-3)65(64-76-78(73,74)75-63-62-70(4,5)6)69-67(71)60-57-54-51-48-45-42-40-30-28-26-23-20-17-14-11-8-2/h10,13,19,22,27,29-30,32-33,35-36,38-40,42,45,56,59,65-66H,7-9,11-12,14-18,20-21,23-26,28,31,34,37,41,43-44,46-55,57-58,60-64H2,1-6H3,(H-,69,71,73,74)/b13-10-,22-19-,29-27-,33-32-,36-35-,39-38-,40-30+,45-42+,59-56-. The topological polar surface area (TPSA) is 114 Å². The van der Waals surface area contributed by atoms with Crippen molar-refractivity contribution in [2.24, 2.45) is 0 Å². The largest absolute Gasteiger partial charge is 0.756 e. The van der Waals surface area contributed by atoms with Gasteiger partial charge in [-0.1, -0.05) is 246 Å². The molecule has 0 spiro atoms. The van der Waals surface area contributed by atoms with Crippen LogP contribution in [0.2, 0.25) is 0 Å². The molecule has 3 unspecified atom stereocenters. The van der Waals surface area contributed by atoms with E-state index in [9.17, 15) is 19.0 Å². The molecule has 0 radical (unpaired) electrons. The molecule has 0 fully saturated rings. The molecule has 9 nitrogen and oxygen atoms in total. The van der Waals surface area contributed by atoms with Crippen molar-refractivity contribution in [3.8, 4) is 0 Å². The minimum atomic E-state index is -4.71. The fourth-order valence-corrected chi connectivity index (χ4v) is 9.30. The lowest BCUT2D eigenvalue weighted by Gasteiger charge is -2.30. The van der Waals surface area contributed by atoms with Gasteiger partial charge in [0, 0.05) is 12.8 Å². The van der Waals surface area contributed by atoms with Crippen LogP contribution in [0.4, 0.5) is 0 Å². The fourth-order valence-electron chi connectivity index (χ4n) is 8.57. The number of quaternary nitrogens is 1. The van der Waals surface area contributed by atoms with Crippen LogP contribution in [0.25, 0.3) is 0 Å². The zero-order chi connectivity index (χ0) is 57.2. The number of carbonyl (C=O) groups is 2. The zero-order valence-electron chi connectivity index (χ0n) is 51.1. The third-order valence-corrected chi connectivity index (χ3v) is 14.4. The fraction of sp³-hybridized carbons (Fsp3) is 0.706. The van der Waals surface area contributed by atoms with Gasteiger partial charge in [0.2, 0.25) is 5.91 Å². The third-order valence-electron chi connectivity index (χ3n) is 13.5. The van der Waals surface area contributed by atoms with E-state index < -0.39 is 26.6 Å². The van der Waals surface area contributed by atoms with Gasteiger partial charge in [-0.3, -0.25) is 14.2 Å². The van der Waals surface area contributed by atoms with E-state index in [-0.39, 0.29) is 31.3 Å². The van der Waals surface area contributed by atoms with Crippen molar-refractivity contribution in [2.75, 3.05) is 40.9 Å². The molecule has 0 aliphatic rings. The first-order valence-electron chi connectivity index (χ1n) is 31.7. The van der Waals surface area contributed by atoms with Gasteiger partial charge in [-0.2, -0.15) is 0 Å². The van der Waals surface area contributed by atoms with Gasteiger partial charge in [0.05, 0.1) is 33.8 Å². The van der Waals surface area contributed by atoms with Crippen LogP contribution in [0.5, 0.6) is 0 Å². The number of allylic oxidation sites excluding steroid dienone is 17. The number of esters is 1. The molecule has 0 aliphatic carbocycles. The summed E-state index contributed by atoms with van der Waals surface area (Å²) in [6.07, 6.45) is 77.8. The highest BCUT2D eigenvalue weighted by Gasteiger charge is 2.27. The molecule has 0 aromatic rings. The molecule has 1 N–H and O–H groups in total. The van der Waals surface area contributed by atoms with Crippen LogP contribution in [0.3, 0.4) is 0 Å². The van der Waals surface area contributed by atoms with E-state index >= 15 is 0 Å². The van der Waals surface area contributed by atoms with Gasteiger partial charge >= 0.3 is 5.97 Å². The number of ether oxygens (including phenoxy) is 1. The third kappa shape index (κ3) is 57.4. The second-order valence-corrected chi connectivity index (χ2v) is 23.6. The normalized spacial score (nSPS) is 14.4. The van der Waals surface area contributed by atoms with E-state index in [1.165, 1.54) is 89.9 Å². The maximum atomic E-state index is 13.5. The van der Waals surface area contributed by atoms with Crippen LogP contribution in [-0.4, -0.2) is 69.4 Å². The molecule has 3 atom stereocenters. The predicted molar refractivity (Wildman–Crippen MR) is 334 cm³/mol. The predicted octanol–water partition coefficient (Wildman–Crippen LogP) is 19.1. The van der Waals surface area contributed by atoms with Crippen molar-refractivity contribution in [1.29, 1.82) is 0 Å². The molecule has 0 aromatic heterocycles. The maximum Gasteiger partial charge on any atom is 0.306 e. The van der Waals surface area contributed by atoms with Gasteiger partial charge in [-0.05, 0) is 109 Å². The first kappa shape index (κ1) is 74.7. The number of hydrogen-bond acceptors (Lipinski definition) is 7. The smallest absolute Gasteiger partial charge is 0.306 e. The van der Waals surface area contributed by atoms with Crippen molar-refractivity contribution in [2.45, 2.75) is 270 Å². The molecule has 0 saturated heterocycles. The number of unbranched alkanes of at least 4 members (excludes halogenated alkanes) is 25. The Labute approximate surface area is 481 Å². The lowest BCUT2D eigenvalue weighted by molar-refractivity contribution is -0.870. The molecule has 10 heteroatoms. The van der Waals surface area contributed by atoms with Crippen LogP contribution < -0.4 is 10.2 Å². The number of amides is 1. The summed E-state index contributed by atoms with van der Waals surface area (Å²) < 4.78 is 30.3. The summed E-state index contributed by atoms with van der Waals surface area (Å²) in [7, 11) is 1.15. The first-order valence-corrected chi connectivity index (χ1v) is 33.2. The first-order chi connectivity index (χ1) is 37.9. The van der Waals surface area contributed by atoms with E-state index in [0.717, 1.165) is 122 Å². The highest BCUT2D eigenvalue weighted by molar-refractivity contribution is 7.45. The summed E-state index contributed by atoms with van der Waals surface area (Å²) in [5, 5.41) is 3.00. The van der Waals surface area contributed by atoms with Gasteiger partial charge in [-0.25, -0.2) is 0 Å². The van der Waals surface area contributed by atoms with Crippen molar-refractivity contribution < 1.29 is 37.3 Å². The average Bonchev–Trinajstić information content (AvgIpc) is 3.41. The van der Waals surface area contributed by atoms with Gasteiger partial charge in [0.1, 0.15) is 19.3 Å². The summed E-state index contributed by atoms with van der Waals surface area (Å²) in [4.78, 5) is 40.0. The molecule has 0 saturated carbocycles. The van der Waals surface area contributed by atoms with Crippen LogP contribution in [-0.2, 0) is 27.9 Å². The van der Waals surface area contributed by atoms with E-state index in [4.69, 9.17) is 13.8 Å². The molecule has 1 amide bonds. The molecule has 0 aromatic carbocycles. The lowest BCUT2D eigenvalue weighted by Crippen LogP contribution is -2.47. The molecule has 0 aliphatic heterocycles. The number of hydrogen-bond donors (Lipinski definition) is 1. The number of likely N-dealkylation sites (N-methyl/N-ethyl adjacent to an activating group) is 1. The zero-order valence-corrected chi connectivity index (χ0v) is 52.0. The highest BCUT2D eigenvalue weighted by atomic mass is 31.2. The molecule has 448 valence electrons. The Morgan fingerprint density at radius 1 is 0.474 bits per heavy atom. The summed E-state index contributed by atoms with van der Waals surface area (Å²) >= 11 is 0. The number of nitrogens with zero attached hydrogens (tertiary/aromatic N) is 1. The van der Waals surface area contributed by atoms with E-state index in [2.05, 4.69) is 123 Å². The second-order valence-electron chi connectivity index (χ2n) is 22.2. The Morgan fingerprint density at radius 3 is 1.32 bits per heavy atom. The Kier molecular flexibility index (Phi) is 54.5. The Hall–Kier alpha value is -3.33. The number of nitrogens with one attached hydrogen (secondary N) is 1. The van der Waals surface area contributed by atoms with Crippen molar-refractivity contribution in [3.63, 3.8) is 0 Å². The van der Waals surface area contributed by atoms with E-state index in [0.29, 0.717) is 23.9 Å². The highest BCUT2D eigenvalue weighted by Crippen LogP contribution is 2.38. The number of phosphoric acid groups is 1. The van der Waals surface area contributed by atoms with Crippen LogP contribution in [0.1, 0.15) is 258 Å². The summed E-state index contributed by atoms with van der Waals surface area (Å²) in [6.45, 7) is 6.68. The monoisotopic (exact) mass is 1110 g/mol. The van der Waals surface area contributed by atoms with Gasteiger partial charge < -0.3 is 28.5 Å². The number of carbonyl (C=O) groups excluding carboxylic acids is 2. The SMILES string of the molecule is CC/C=C\C/C=C\C/C=C\C/C=C\C/C=C\C/C=C\CCCCCCCCC(=O)OC(/C=C\CCCCCCCCCCC)C(COP(=O)([O-])OCC[N+](C)(C)C)NC(=O)CCCCC/C=C/C=C/CCCCCCCCC. The second kappa shape index (κ2) is 56.9. The Balaban J connectivity index is 5.23. The molecule has 0 rings (SSSR count). The van der Waals surface area contributed by atoms with Crippen molar-refractivity contribution in [1.82, 2.24) is 5.32 Å². The Morgan fingerprint density at radius 2 is 0.859 bits per heavy atom.